The minimum absolute atomic E-state index is 0.137. The summed E-state index contributed by atoms with van der Waals surface area (Å²) >= 11 is 5.78. The summed E-state index contributed by atoms with van der Waals surface area (Å²) in [6, 6.07) is 5.12. The standard InChI is InChI=1S/C11H16ClNOS/c1-3-4-8(2)15(14)11-6-5-9(12)7-10(11)13/h5-8H,3-4,13H2,1-2H3. The van der Waals surface area contributed by atoms with Crippen LogP contribution in [0.5, 0.6) is 0 Å². The molecule has 0 heterocycles. The number of anilines is 1. The maximum Gasteiger partial charge on any atom is 0.0621 e. The van der Waals surface area contributed by atoms with E-state index < -0.39 is 10.8 Å². The lowest BCUT2D eigenvalue weighted by Gasteiger charge is -2.12. The first kappa shape index (κ1) is 12.5. The Morgan fingerprint density at radius 3 is 2.73 bits per heavy atom. The molecule has 0 aromatic heterocycles. The Balaban J connectivity index is 2.91. The lowest BCUT2D eigenvalue weighted by molar-refractivity contribution is 0.662. The van der Waals surface area contributed by atoms with Crippen molar-refractivity contribution in [3.8, 4) is 0 Å². The van der Waals surface area contributed by atoms with Crippen molar-refractivity contribution >= 4 is 28.1 Å². The highest BCUT2D eigenvalue weighted by Crippen LogP contribution is 2.24. The van der Waals surface area contributed by atoms with Crippen molar-refractivity contribution in [3.63, 3.8) is 0 Å². The zero-order chi connectivity index (χ0) is 11.4. The van der Waals surface area contributed by atoms with Crippen molar-refractivity contribution in [2.45, 2.75) is 36.8 Å². The van der Waals surface area contributed by atoms with Gasteiger partial charge in [0.25, 0.3) is 0 Å². The van der Waals surface area contributed by atoms with Gasteiger partial charge in [0, 0.05) is 16.0 Å². The molecule has 2 N–H and O–H groups in total. The van der Waals surface area contributed by atoms with Crippen molar-refractivity contribution in [2.75, 3.05) is 5.73 Å². The molecule has 0 radical (unpaired) electrons. The van der Waals surface area contributed by atoms with E-state index in [1.54, 1.807) is 18.2 Å². The van der Waals surface area contributed by atoms with Crippen LogP contribution in [0.25, 0.3) is 0 Å². The number of hydrogen-bond acceptors (Lipinski definition) is 2. The second-order valence-electron chi connectivity index (χ2n) is 3.58. The van der Waals surface area contributed by atoms with Crippen LogP contribution in [0.4, 0.5) is 5.69 Å². The van der Waals surface area contributed by atoms with E-state index in [2.05, 4.69) is 6.92 Å². The van der Waals surface area contributed by atoms with Crippen molar-refractivity contribution < 1.29 is 4.21 Å². The summed E-state index contributed by atoms with van der Waals surface area (Å²) in [5, 5.41) is 0.717. The summed E-state index contributed by atoms with van der Waals surface area (Å²) in [5.74, 6) is 0. The normalized spacial score (nSPS) is 14.9. The Morgan fingerprint density at radius 2 is 2.20 bits per heavy atom. The molecule has 15 heavy (non-hydrogen) atoms. The second kappa shape index (κ2) is 5.52. The zero-order valence-electron chi connectivity index (χ0n) is 9.00. The SMILES string of the molecule is CCCC(C)S(=O)c1ccc(Cl)cc1N. The molecule has 0 spiro atoms. The molecular weight excluding hydrogens is 230 g/mol. The van der Waals surface area contributed by atoms with E-state index in [-0.39, 0.29) is 5.25 Å². The van der Waals surface area contributed by atoms with E-state index in [0.717, 1.165) is 12.8 Å². The maximum atomic E-state index is 12.1. The predicted octanol–water partition coefficient (Wildman–Crippen LogP) is 3.22. The zero-order valence-corrected chi connectivity index (χ0v) is 10.6. The lowest BCUT2D eigenvalue weighted by Crippen LogP contribution is -2.12. The van der Waals surface area contributed by atoms with E-state index in [1.165, 1.54) is 0 Å². The average molecular weight is 246 g/mol. The monoisotopic (exact) mass is 245 g/mol. The Labute approximate surface area is 98.3 Å². The fraction of sp³-hybridized carbons (Fsp3) is 0.455. The molecule has 0 aliphatic carbocycles. The number of halogens is 1. The van der Waals surface area contributed by atoms with Gasteiger partial charge in [-0.3, -0.25) is 4.21 Å². The van der Waals surface area contributed by atoms with Crippen molar-refractivity contribution in [2.24, 2.45) is 0 Å². The van der Waals surface area contributed by atoms with Crippen LogP contribution in [-0.4, -0.2) is 9.46 Å². The van der Waals surface area contributed by atoms with Gasteiger partial charge in [-0.05, 0) is 24.6 Å². The summed E-state index contributed by atoms with van der Waals surface area (Å²) in [4.78, 5) is 0.695. The largest absolute Gasteiger partial charge is 0.398 e. The highest BCUT2D eigenvalue weighted by Gasteiger charge is 2.14. The summed E-state index contributed by atoms with van der Waals surface area (Å²) in [6.07, 6.45) is 1.97. The molecule has 4 heteroatoms. The molecule has 84 valence electrons. The Kier molecular flexibility index (Phi) is 4.61. The van der Waals surface area contributed by atoms with Crippen molar-refractivity contribution in [3.05, 3.63) is 23.2 Å². The minimum atomic E-state index is -1.03. The van der Waals surface area contributed by atoms with E-state index in [4.69, 9.17) is 17.3 Å². The molecule has 0 aliphatic rings. The van der Waals surface area contributed by atoms with Crippen LogP contribution in [0, 0.1) is 0 Å². The molecule has 2 nitrogen and oxygen atoms in total. The van der Waals surface area contributed by atoms with Crippen LogP contribution in [0.15, 0.2) is 23.1 Å². The molecule has 2 unspecified atom stereocenters. The van der Waals surface area contributed by atoms with Crippen LogP contribution in [0.3, 0.4) is 0 Å². The number of nitrogens with two attached hydrogens (primary N) is 1. The maximum absolute atomic E-state index is 12.1. The molecule has 0 bridgehead atoms. The van der Waals surface area contributed by atoms with Crippen LogP contribution in [-0.2, 0) is 10.8 Å². The van der Waals surface area contributed by atoms with Gasteiger partial charge < -0.3 is 5.73 Å². The van der Waals surface area contributed by atoms with E-state index >= 15 is 0 Å². The van der Waals surface area contributed by atoms with Crippen molar-refractivity contribution in [1.82, 2.24) is 0 Å². The fourth-order valence-corrected chi connectivity index (χ4v) is 2.99. The molecule has 0 fully saturated rings. The Hall–Kier alpha value is -0.540. The number of hydrogen-bond donors (Lipinski definition) is 1. The van der Waals surface area contributed by atoms with Crippen LogP contribution >= 0.6 is 11.6 Å². The third-order valence-electron chi connectivity index (χ3n) is 2.25. The van der Waals surface area contributed by atoms with Gasteiger partial charge >= 0.3 is 0 Å². The van der Waals surface area contributed by atoms with E-state index in [9.17, 15) is 4.21 Å². The summed E-state index contributed by atoms with van der Waals surface area (Å²) < 4.78 is 12.1. The van der Waals surface area contributed by atoms with Crippen LogP contribution in [0.2, 0.25) is 5.02 Å². The molecule has 2 atom stereocenters. The van der Waals surface area contributed by atoms with Gasteiger partial charge in [-0.25, -0.2) is 0 Å². The quantitative estimate of drug-likeness (QED) is 0.828. The van der Waals surface area contributed by atoms with Gasteiger partial charge in [-0.2, -0.15) is 0 Å². The van der Waals surface area contributed by atoms with Gasteiger partial charge in [-0.15, -0.1) is 0 Å². The van der Waals surface area contributed by atoms with E-state index in [1.807, 2.05) is 6.92 Å². The highest BCUT2D eigenvalue weighted by molar-refractivity contribution is 7.85. The van der Waals surface area contributed by atoms with Gasteiger partial charge in [0.1, 0.15) is 0 Å². The van der Waals surface area contributed by atoms with Crippen LogP contribution in [0.1, 0.15) is 26.7 Å². The molecule has 1 aromatic rings. The smallest absolute Gasteiger partial charge is 0.0621 e. The molecule has 0 saturated carbocycles. The molecule has 1 aromatic carbocycles. The highest BCUT2D eigenvalue weighted by atomic mass is 35.5. The minimum Gasteiger partial charge on any atom is -0.398 e. The number of rotatable bonds is 4. The first-order valence-corrected chi connectivity index (χ1v) is 6.61. The van der Waals surface area contributed by atoms with Crippen molar-refractivity contribution in [1.29, 1.82) is 0 Å². The summed E-state index contributed by atoms with van der Waals surface area (Å²) in [5.41, 5.74) is 6.30. The predicted molar refractivity (Wildman–Crippen MR) is 66.6 cm³/mol. The molecule has 0 aliphatic heterocycles. The lowest BCUT2D eigenvalue weighted by atomic mass is 10.3. The number of nitrogen functional groups attached to an aromatic ring is 1. The van der Waals surface area contributed by atoms with Gasteiger partial charge in [0.15, 0.2) is 0 Å². The second-order valence-corrected chi connectivity index (χ2v) is 5.85. The third-order valence-corrected chi connectivity index (χ3v) is 4.26. The fourth-order valence-electron chi connectivity index (χ4n) is 1.43. The van der Waals surface area contributed by atoms with Gasteiger partial charge in [-0.1, -0.05) is 31.9 Å². The topological polar surface area (TPSA) is 43.1 Å². The summed E-state index contributed by atoms with van der Waals surface area (Å²) in [7, 11) is -1.03. The molecule has 0 saturated heterocycles. The first-order valence-electron chi connectivity index (χ1n) is 5.01. The summed E-state index contributed by atoms with van der Waals surface area (Å²) in [6.45, 7) is 4.06. The third kappa shape index (κ3) is 3.21. The average Bonchev–Trinajstić information content (AvgIpc) is 2.17. The van der Waals surface area contributed by atoms with Crippen LogP contribution < -0.4 is 5.73 Å². The Morgan fingerprint density at radius 1 is 1.53 bits per heavy atom. The molecule has 0 amide bonds. The van der Waals surface area contributed by atoms with E-state index in [0.29, 0.717) is 15.6 Å². The van der Waals surface area contributed by atoms with Gasteiger partial charge in [0.05, 0.1) is 15.7 Å². The van der Waals surface area contributed by atoms with Gasteiger partial charge in [0.2, 0.25) is 0 Å². The number of benzene rings is 1. The molecular formula is C11H16ClNOS. The first-order chi connectivity index (χ1) is 7.06. The molecule has 1 rings (SSSR count). The Bertz CT molecular complexity index is 368.